The summed E-state index contributed by atoms with van der Waals surface area (Å²) in [5, 5.41) is 4.35. The third kappa shape index (κ3) is 7.37. The van der Waals surface area contributed by atoms with Crippen LogP contribution in [0.4, 0.5) is 13.2 Å². The SMILES string of the molecule is COC(=O)CC(NC(=O)c1cc2ccc(OCc3ccc(C(F)(F)F)cc3)cc2cn1)c1ccc(-c2ccccc2)cc1. The van der Waals surface area contributed by atoms with E-state index in [-0.39, 0.29) is 18.7 Å². The number of hydrogen-bond acceptors (Lipinski definition) is 5. The number of methoxy groups -OCH3 is 1. The van der Waals surface area contributed by atoms with Gasteiger partial charge in [-0.05, 0) is 58.0 Å². The first kappa shape index (κ1) is 29.3. The van der Waals surface area contributed by atoms with Crippen LogP contribution in [0.15, 0.2) is 109 Å². The third-order valence-electron chi connectivity index (χ3n) is 6.94. The quantitative estimate of drug-likeness (QED) is 0.181. The molecule has 0 aliphatic heterocycles. The molecule has 5 aromatic rings. The summed E-state index contributed by atoms with van der Waals surface area (Å²) >= 11 is 0. The van der Waals surface area contributed by atoms with Crippen LogP contribution in [0.25, 0.3) is 21.9 Å². The maximum Gasteiger partial charge on any atom is 0.416 e. The van der Waals surface area contributed by atoms with E-state index in [2.05, 4.69) is 10.3 Å². The molecule has 1 heterocycles. The summed E-state index contributed by atoms with van der Waals surface area (Å²) in [5.74, 6) is -0.415. The monoisotopic (exact) mass is 584 g/mol. The van der Waals surface area contributed by atoms with E-state index in [0.717, 1.165) is 34.2 Å². The van der Waals surface area contributed by atoms with Crippen molar-refractivity contribution in [1.82, 2.24) is 10.3 Å². The molecule has 0 aliphatic carbocycles. The van der Waals surface area contributed by atoms with E-state index in [1.54, 1.807) is 30.5 Å². The predicted octanol–water partition coefficient (Wildman–Crippen LogP) is 7.53. The number of esters is 1. The Morgan fingerprint density at radius 1 is 0.837 bits per heavy atom. The van der Waals surface area contributed by atoms with Crippen molar-refractivity contribution in [3.05, 3.63) is 132 Å². The molecule has 0 aliphatic rings. The maximum absolute atomic E-state index is 13.2. The van der Waals surface area contributed by atoms with Crippen LogP contribution in [-0.4, -0.2) is 24.0 Å². The maximum atomic E-state index is 13.2. The first-order valence-electron chi connectivity index (χ1n) is 13.4. The van der Waals surface area contributed by atoms with Gasteiger partial charge in [0, 0.05) is 11.6 Å². The lowest BCUT2D eigenvalue weighted by molar-refractivity contribution is -0.141. The summed E-state index contributed by atoms with van der Waals surface area (Å²) in [6.45, 7) is 0.0888. The highest BCUT2D eigenvalue weighted by Gasteiger charge is 2.30. The van der Waals surface area contributed by atoms with Crippen molar-refractivity contribution < 1.29 is 32.2 Å². The van der Waals surface area contributed by atoms with Crippen LogP contribution in [0.1, 0.15) is 39.6 Å². The number of carbonyl (C=O) groups is 2. The van der Waals surface area contributed by atoms with Gasteiger partial charge in [0.2, 0.25) is 0 Å². The number of carbonyl (C=O) groups excluding carboxylic acids is 2. The lowest BCUT2D eigenvalue weighted by Crippen LogP contribution is -2.31. The number of nitrogens with one attached hydrogen (secondary N) is 1. The molecule has 43 heavy (non-hydrogen) atoms. The van der Waals surface area contributed by atoms with E-state index in [0.29, 0.717) is 16.7 Å². The average molecular weight is 585 g/mol. The zero-order chi connectivity index (χ0) is 30.4. The Balaban J connectivity index is 1.28. The molecule has 6 nitrogen and oxygen atoms in total. The molecule has 1 atom stereocenters. The number of aromatic nitrogens is 1. The summed E-state index contributed by atoms with van der Waals surface area (Å²) in [4.78, 5) is 29.7. The van der Waals surface area contributed by atoms with Gasteiger partial charge in [-0.1, -0.05) is 72.8 Å². The van der Waals surface area contributed by atoms with Gasteiger partial charge >= 0.3 is 12.1 Å². The van der Waals surface area contributed by atoms with Gasteiger partial charge in [-0.25, -0.2) is 0 Å². The van der Waals surface area contributed by atoms with E-state index in [4.69, 9.17) is 9.47 Å². The normalized spacial score (nSPS) is 12.0. The standard InChI is InChI=1S/C34H27F3N2O4/c1-42-32(40)19-30(25-11-9-24(10-12-25)23-5-3-2-4-6-23)39-33(41)31-18-26-13-16-29(17-27(26)20-38-31)43-21-22-7-14-28(15-8-22)34(35,36)37/h2-18,20,30H,19,21H2,1H3,(H,39,41). The topological polar surface area (TPSA) is 77.5 Å². The Morgan fingerprint density at radius 2 is 1.53 bits per heavy atom. The number of halogens is 3. The number of alkyl halides is 3. The van der Waals surface area contributed by atoms with E-state index >= 15 is 0 Å². The lowest BCUT2D eigenvalue weighted by atomic mass is 9.99. The van der Waals surface area contributed by atoms with Crippen LogP contribution >= 0.6 is 0 Å². The van der Waals surface area contributed by atoms with Crippen LogP contribution in [0.3, 0.4) is 0 Å². The molecule has 218 valence electrons. The van der Waals surface area contributed by atoms with Gasteiger partial charge in [0.15, 0.2) is 0 Å². The van der Waals surface area contributed by atoms with Crippen molar-refractivity contribution >= 4 is 22.6 Å². The van der Waals surface area contributed by atoms with Gasteiger partial charge < -0.3 is 14.8 Å². The van der Waals surface area contributed by atoms with Gasteiger partial charge in [-0.15, -0.1) is 0 Å². The first-order chi connectivity index (χ1) is 20.7. The van der Waals surface area contributed by atoms with E-state index in [9.17, 15) is 22.8 Å². The van der Waals surface area contributed by atoms with E-state index in [1.807, 2.05) is 54.6 Å². The average Bonchev–Trinajstić information content (AvgIpc) is 3.03. The summed E-state index contributed by atoms with van der Waals surface area (Å²) in [7, 11) is 1.30. The van der Waals surface area contributed by atoms with Crippen LogP contribution in [0.5, 0.6) is 5.75 Å². The Hall–Kier alpha value is -5.18. The van der Waals surface area contributed by atoms with Crippen LogP contribution in [-0.2, 0) is 22.3 Å². The molecule has 9 heteroatoms. The molecule has 4 aromatic carbocycles. The van der Waals surface area contributed by atoms with Gasteiger partial charge in [0.05, 0.1) is 25.1 Å². The Labute approximate surface area is 246 Å². The summed E-state index contributed by atoms with van der Waals surface area (Å²) < 4.78 is 49.0. The second kappa shape index (κ2) is 12.8. The molecular weight excluding hydrogens is 557 g/mol. The van der Waals surface area contributed by atoms with Crippen molar-refractivity contribution in [3.8, 4) is 16.9 Å². The fraction of sp³-hybridized carbons (Fsp3) is 0.147. The number of nitrogens with zero attached hydrogens (tertiary/aromatic N) is 1. The second-order valence-corrected chi connectivity index (χ2v) is 9.86. The van der Waals surface area contributed by atoms with Crippen molar-refractivity contribution in [2.75, 3.05) is 7.11 Å². The minimum atomic E-state index is -4.39. The fourth-order valence-corrected chi connectivity index (χ4v) is 4.56. The van der Waals surface area contributed by atoms with Crippen molar-refractivity contribution in [3.63, 3.8) is 0 Å². The summed E-state index contributed by atoms with van der Waals surface area (Å²) in [6.07, 6.45) is -2.91. The summed E-state index contributed by atoms with van der Waals surface area (Å²) in [6, 6.07) is 28.5. The van der Waals surface area contributed by atoms with Crippen molar-refractivity contribution in [2.24, 2.45) is 0 Å². The largest absolute Gasteiger partial charge is 0.489 e. The Morgan fingerprint density at radius 3 is 2.21 bits per heavy atom. The van der Waals surface area contributed by atoms with Gasteiger partial charge in [0.1, 0.15) is 18.1 Å². The highest BCUT2D eigenvalue weighted by atomic mass is 19.4. The molecule has 1 N–H and O–H groups in total. The zero-order valence-corrected chi connectivity index (χ0v) is 23.1. The molecule has 0 bridgehead atoms. The fourth-order valence-electron chi connectivity index (χ4n) is 4.56. The summed E-state index contributed by atoms with van der Waals surface area (Å²) in [5.41, 5.74) is 2.85. The smallest absolute Gasteiger partial charge is 0.416 e. The number of fused-ring (bicyclic) bond motifs is 1. The zero-order valence-electron chi connectivity index (χ0n) is 23.1. The van der Waals surface area contributed by atoms with Crippen LogP contribution < -0.4 is 10.1 Å². The Kier molecular flexibility index (Phi) is 8.71. The van der Waals surface area contributed by atoms with Gasteiger partial charge in [0.25, 0.3) is 5.91 Å². The molecule has 1 amide bonds. The highest BCUT2D eigenvalue weighted by Crippen LogP contribution is 2.30. The minimum absolute atomic E-state index is 0.0554. The minimum Gasteiger partial charge on any atom is -0.489 e. The van der Waals surface area contributed by atoms with E-state index < -0.39 is 29.7 Å². The number of hydrogen-bond donors (Lipinski definition) is 1. The van der Waals surface area contributed by atoms with Gasteiger partial charge in [-0.3, -0.25) is 14.6 Å². The molecule has 5 rings (SSSR count). The number of pyridine rings is 1. The number of amides is 1. The highest BCUT2D eigenvalue weighted by molar-refractivity contribution is 5.97. The molecule has 0 fully saturated rings. The second-order valence-electron chi connectivity index (χ2n) is 9.86. The van der Waals surface area contributed by atoms with Crippen LogP contribution in [0.2, 0.25) is 0 Å². The molecule has 1 aromatic heterocycles. The predicted molar refractivity (Wildman–Crippen MR) is 156 cm³/mol. The molecule has 0 radical (unpaired) electrons. The van der Waals surface area contributed by atoms with Gasteiger partial charge in [-0.2, -0.15) is 13.2 Å². The molecular formula is C34H27F3N2O4. The molecule has 0 saturated carbocycles. The third-order valence-corrected chi connectivity index (χ3v) is 6.94. The molecule has 1 unspecified atom stereocenters. The molecule has 0 saturated heterocycles. The Bertz CT molecular complexity index is 1720. The lowest BCUT2D eigenvalue weighted by Gasteiger charge is -2.19. The number of benzene rings is 4. The van der Waals surface area contributed by atoms with Crippen molar-refractivity contribution in [1.29, 1.82) is 0 Å². The molecule has 0 spiro atoms. The number of rotatable bonds is 9. The van der Waals surface area contributed by atoms with E-state index in [1.165, 1.54) is 19.2 Å². The van der Waals surface area contributed by atoms with Crippen LogP contribution in [0, 0.1) is 0 Å². The first-order valence-corrected chi connectivity index (χ1v) is 13.4. The van der Waals surface area contributed by atoms with Crippen molar-refractivity contribution in [2.45, 2.75) is 25.2 Å². The number of ether oxygens (including phenoxy) is 2.